The van der Waals surface area contributed by atoms with Crippen molar-refractivity contribution in [3.8, 4) is 0 Å². The molecule has 0 aromatic carbocycles. The fourth-order valence-corrected chi connectivity index (χ4v) is 3.37. The molecule has 0 heterocycles. The summed E-state index contributed by atoms with van der Waals surface area (Å²) in [5.74, 6) is 0. The molecule has 0 atom stereocenters. The zero-order chi connectivity index (χ0) is 11.9. The van der Waals surface area contributed by atoms with E-state index in [2.05, 4.69) is 4.99 Å². The normalized spacial score (nSPS) is 13.0. The molecule has 0 saturated heterocycles. The standard InChI is InChI=1S/C8H19N2O3PS/c1-6-12-14(11,13-7-2)10(4)8(9-3)15-5/h6-7H2,1-5H3. The predicted molar refractivity (Wildman–Crippen MR) is 65.5 cm³/mol. The number of amidine groups is 1. The van der Waals surface area contributed by atoms with Crippen LogP contribution in [-0.4, -0.2) is 43.4 Å². The Kier molecular flexibility index (Phi) is 7.26. The van der Waals surface area contributed by atoms with Crippen LogP contribution in [0.15, 0.2) is 4.99 Å². The van der Waals surface area contributed by atoms with Gasteiger partial charge in [-0.05, 0) is 20.1 Å². The summed E-state index contributed by atoms with van der Waals surface area (Å²) in [6, 6.07) is 0. The van der Waals surface area contributed by atoms with E-state index < -0.39 is 7.75 Å². The van der Waals surface area contributed by atoms with E-state index in [4.69, 9.17) is 9.05 Å². The van der Waals surface area contributed by atoms with E-state index in [1.54, 1.807) is 27.9 Å². The molecule has 0 saturated carbocycles. The second-order valence-electron chi connectivity index (χ2n) is 2.54. The average Bonchev–Trinajstić information content (AvgIpc) is 2.20. The Morgan fingerprint density at radius 1 is 1.40 bits per heavy atom. The molecule has 90 valence electrons. The molecule has 0 unspecified atom stereocenters. The lowest BCUT2D eigenvalue weighted by molar-refractivity contribution is 0.195. The van der Waals surface area contributed by atoms with Gasteiger partial charge in [0.05, 0.1) is 13.2 Å². The van der Waals surface area contributed by atoms with Crippen molar-refractivity contribution >= 4 is 24.7 Å². The summed E-state index contributed by atoms with van der Waals surface area (Å²) in [6.07, 6.45) is 1.86. The molecule has 0 radical (unpaired) electrons. The summed E-state index contributed by atoms with van der Waals surface area (Å²) in [4.78, 5) is 4.01. The number of hydrogen-bond acceptors (Lipinski definition) is 5. The number of rotatable bonds is 5. The first kappa shape index (κ1) is 15.0. The highest BCUT2D eigenvalue weighted by Gasteiger charge is 2.32. The Bertz CT molecular complexity index is 250. The van der Waals surface area contributed by atoms with Crippen molar-refractivity contribution in [1.29, 1.82) is 0 Å². The van der Waals surface area contributed by atoms with Crippen molar-refractivity contribution in [2.45, 2.75) is 13.8 Å². The first-order valence-electron chi connectivity index (χ1n) is 4.69. The molecule has 0 aliphatic rings. The highest BCUT2D eigenvalue weighted by atomic mass is 32.2. The Morgan fingerprint density at radius 2 is 1.87 bits per heavy atom. The number of hydrogen-bond donors (Lipinski definition) is 0. The van der Waals surface area contributed by atoms with Crippen molar-refractivity contribution in [1.82, 2.24) is 4.67 Å². The predicted octanol–water partition coefficient (Wildman–Crippen LogP) is 2.45. The highest BCUT2D eigenvalue weighted by Crippen LogP contribution is 2.51. The fourth-order valence-electron chi connectivity index (χ4n) is 1.01. The maximum Gasteiger partial charge on any atom is 0.436 e. The molecule has 0 bridgehead atoms. The molecule has 0 amide bonds. The van der Waals surface area contributed by atoms with E-state index in [0.29, 0.717) is 18.4 Å². The average molecular weight is 254 g/mol. The number of aliphatic imine (C=N–C) groups is 1. The van der Waals surface area contributed by atoms with E-state index in [0.717, 1.165) is 0 Å². The molecule has 15 heavy (non-hydrogen) atoms. The summed E-state index contributed by atoms with van der Waals surface area (Å²) in [5.41, 5.74) is 0. The van der Waals surface area contributed by atoms with Gasteiger partial charge in [0.25, 0.3) is 0 Å². The van der Waals surface area contributed by atoms with Crippen LogP contribution in [-0.2, 0) is 13.6 Å². The topological polar surface area (TPSA) is 51.1 Å². The van der Waals surface area contributed by atoms with Gasteiger partial charge in [0, 0.05) is 14.1 Å². The third-order valence-corrected chi connectivity index (χ3v) is 4.65. The Balaban J connectivity index is 4.83. The lowest BCUT2D eigenvalue weighted by atomic mass is 10.9. The third-order valence-electron chi connectivity index (χ3n) is 1.60. The van der Waals surface area contributed by atoms with Crippen molar-refractivity contribution in [3.05, 3.63) is 0 Å². The van der Waals surface area contributed by atoms with Crippen LogP contribution in [0.1, 0.15) is 13.8 Å². The molecule has 5 nitrogen and oxygen atoms in total. The second-order valence-corrected chi connectivity index (χ2v) is 5.36. The van der Waals surface area contributed by atoms with Gasteiger partial charge >= 0.3 is 7.75 Å². The minimum absolute atomic E-state index is 0.340. The zero-order valence-electron chi connectivity index (χ0n) is 9.89. The number of nitrogens with zero attached hydrogens (tertiary/aromatic N) is 2. The van der Waals surface area contributed by atoms with Crippen LogP contribution in [0.3, 0.4) is 0 Å². The number of thioether (sulfide) groups is 1. The van der Waals surface area contributed by atoms with Crippen LogP contribution in [0.2, 0.25) is 0 Å². The summed E-state index contributed by atoms with van der Waals surface area (Å²) >= 11 is 1.40. The molecule has 0 aromatic heterocycles. The molecule has 0 N–H and O–H groups in total. The Morgan fingerprint density at radius 3 is 2.13 bits per heavy atom. The smallest absolute Gasteiger partial charge is 0.292 e. The quantitative estimate of drug-likeness (QED) is 0.428. The van der Waals surface area contributed by atoms with Crippen LogP contribution in [0.5, 0.6) is 0 Å². The van der Waals surface area contributed by atoms with Crippen LogP contribution < -0.4 is 0 Å². The summed E-state index contributed by atoms with van der Waals surface area (Å²) in [5, 5.41) is 0.625. The summed E-state index contributed by atoms with van der Waals surface area (Å²) < 4.78 is 24.1. The highest BCUT2D eigenvalue weighted by molar-refractivity contribution is 8.13. The third kappa shape index (κ3) is 4.15. The Hall–Kier alpha value is -0.0300. The summed E-state index contributed by atoms with van der Waals surface area (Å²) in [6.45, 7) is 4.24. The molecule has 0 aliphatic heterocycles. The van der Waals surface area contributed by atoms with Crippen molar-refractivity contribution < 1.29 is 13.6 Å². The molecule has 0 aromatic rings. The molecule has 0 fully saturated rings. The van der Waals surface area contributed by atoms with E-state index >= 15 is 0 Å². The monoisotopic (exact) mass is 254 g/mol. The molecular formula is C8H19N2O3PS. The summed E-state index contributed by atoms with van der Waals surface area (Å²) in [7, 11) is 0.0832. The molecule has 0 rings (SSSR count). The van der Waals surface area contributed by atoms with E-state index in [1.807, 2.05) is 6.26 Å². The fraction of sp³-hybridized carbons (Fsp3) is 0.875. The molecule has 0 spiro atoms. The van der Waals surface area contributed by atoms with Gasteiger partial charge in [-0.3, -0.25) is 18.7 Å². The van der Waals surface area contributed by atoms with Gasteiger partial charge in [0.1, 0.15) is 0 Å². The van der Waals surface area contributed by atoms with Crippen LogP contribution in [0, 0.1) is 0 Å². The minimum atomic E-state index is -3.22. The maximum atomic E-state index is 12.3. The van der Waals surface area contributed by atoms with Gasteiger partial charge < -0.3 is 0 Å². The van der Waals surface area contributed by atoms with Crippen molar-refractivity contribution in [3.63, 3.8) is 0 Å². The van der Waals surface area contributed by atoms with Crippen molar-refractivity contribution in [2.24, 2.45) is 4.99 Å². The van der Waals surface area contributed by atoms with E-state index in [9.17, 15) is 4.57 Å². The lowest BCUT2D eigenvalue weighted by Crippen LogP contribution is -2.23. The van der Waals surface area contributed by atoms with Gasteiger partial charge in [-0.2, -0.15) is 0 Å². The van der Waals surface area contributed by atoms with E-state index in [-0.39, 0.29) is 0 Å². The van der Waals surface area contributed by atoms with Crippen LogP contribution in [0.4, 0.5) is 0 Å². The van der Waals surface area contributed by atoms with Crippen LogP contribution in [0.25, 0.3) is 0 Å². The second kappa shape index (κ2) is 7.28. The molecular weight excluding hydrogens is 235 g/mol. The lowest BCUT2D eigenvalue weighted by Gasteiger charge is -2.27. The van der Waals surface area contributed by atoms with Gasteiger partial charge in [0.2, 0.25) is 0 Å². The largest absolute Gasteiger partial charge is 0.436 e. The minimum Gasteiger partial charge on any atom is -0.292 e. The van der Waals surface area contributed by atoms with Gasteiger partial charge in [0.15, 0.2) is 5.17 Å². The van der Waals surface area contributed by atoms with Gasteiger partial charge in [-0.1, -0.05) is 11.8 Å². The molecule has 0 aliphatic carbocycles. The first-order valence-corrected chi connectivity index (χ1v) is 7.41. The van der Waals surface area contributed by atoms with Gasteiger partial charge in [-0.25, -0.2) is 4.57 Å². The first-order chi connectivity index (χ1) is 7.05. The maximum absolute atomic E-state index is 12.3. The van der Waals surface area contributed by atoms with Crippen molar-refractivity contribution in [2.75, 3.05) is 33.6 Å². The van der Waals surface area contributed by atoms with Crippen LogP contribution >= 0.6 is 19.5 Å². The van der Waals surface area contributed by atoms with Gasteiger partial charge in [-0.15, -0.1) is 0 Å². The SMILES string of the molecule is CCOP(=O)(OCC)N(C)C(=NC)SC. The Labute approximate surface area is 95.8 Å². The molecule has 7 heteroatoms. The zero-order valence-corrected chi connectivity index (χ0v) is 11.6. The van der Waals surface area contributed by atoms with E-state index in [1.165, 1.54) is 16.4 Å².